The van der Waals surface area contributed by atoms with Gasteiger partial charge in [0.2, 0.25) is 0 Å². The molecule has 0 radical (unpaired) electrons. The van der Waals surface area contributed by atoms with Gasteiger partial charge in [-0.3, -0.25) is 4.55 Å². The van der Waals surface area contributed by atoms with Gasteiger partial charge in [-0.05, 0) is 6.42 Å². The average molecular weight is 476 g/mol. The standard InChI is InChI=1S/C19H38O9S2/c1-2-3-4-5-6-7-8-9-10-14(21)19(28-30(25,26)27)16(23)13-29-12-15(22)18(24)17(29)11-20/h14-24H,2-13H2,1H3/p+1/t14-,15-,16-,17-,18+,19+,29?/m1/s1. The van der Waals surface area contributed by atoms with E-state index in [-0.39, 0.29) is 17.9 Å². The molecule has 0 amide bonds. The number of aliphatic hydroxyl groups excluding tert-OH is 5. The minimum absolute atomic E-state index is 0.0754. The Morgan fingerprint density at radius 2 is 1.57 bits per heavy atom. The van der Waals surface area contributed by atoms with E-state index >= 15 is 0 Å². The highest BCUT2D eigenvalue weighted by molar-refractivity contribution is 7.97. The van der Waals surface area contributed by atoms with Crippen molar-refractivity contribution in [3.63, 3.8) is 0 Å². The van der Waals surface area contributed by atoms with Crippen LogP contribution in [0.4, 0.5) is 0 Å². The van der Waals surface area contributed by atoms with Gasteiger partial charge >= 0.3 is 10.4 Å². The van der Waals surface area contributed by atoms with Crippen molar-refractivity contribution in [2.24, 2.45) is 0 Å². The number of hydrogen-bond acceptors (Lipinski definition) is 8. The van der Waals surface area contributed by atoms with E-state index < -0.39 is 63.7 Å². The van der Waals surface area contributed by atoms with Crippen molar-refractivity contribution in [2.45, 2.75) is 100 Å². The second-order valence-corrected chi connectivity index (χ2v) is 11.4. The highest BCUT2D eigenvalue weighted by Gasteiger charge is 2.51. The van der Waals surface area contributed by atoms with Crippen LogP contribution in [0.15, 0.2) is 0 Å². The summed E-state index contributed by atoms with van der Waals surface area (Å²) < 4.78 is 36.0. The quantitative estimate of drug-likeness (QED) is 0.103. The van der Waals surface area contributed by atoms with Gasteiger partial charge < -0.3 is 25.5 Å². The van der Waals surface area contributed by atoms with E-state index in [1.807, 2.05) is 0 Å². The Morgan fingerprint density at radius 3 is 2.10 bits per heavy atom. The molecule has 1 aliphatic rings. The first-order chi connectivity index (χ1) is 14.1. The molecule has 0 aromatic carbocycles. The van der Waals surface area contributed by atoms with E-state index in [0.717, 1.165) is 25.7 Å². The average Bonchev–Trinajstić information content (AvgIpc) is 2.93. The van der Waals surface area contributed by atoms with Gasteiger partial charge in [-0.25, -0.2) is 4.18 Å². The Kier molecular flexibility index (Phi) is 13.3. The highest BCUT2D eigenvalue weighted by Crippen LogP contribution is 2.26. The third-order valence-corrected chi connectivity index (χ3v) is 8.79. The van der Waals surface area contributed by atoms with Gasteiger partial charge in [0.05, 0.1) is 12.7 Å². The minimum atomic E-state index is -4.90. The maximum atomic E-state index is 11.2. The summed E-state index contributed by atoms with van der Waals surface area (Å²) in [6, 6.07) is 0. The normalized spacial score (nSPS) is 27.8. The molecule has 7 atom stereocenters. The third-order valence-electron chi connectivity index (χ3n) is 5.50. The number of rotatable bonds is 16. The molecule has 0 aliphatic carbocycles. The molecule has 0 bridgehead atoms. The monoisotopic (exact) mass is 475 g/mol. The molecule has 1 fully saturated rings. The fourth-order valence-electron chi connectivity index (χ4n) is 3.78. The van der Waals surface area contributed by atoms with Gasteiger partial charge in [-0.1, -0.05) is 58.3 Å². The Balaban J connectivity index is 2.56. The van der Waals surface area contributed by atoms with E-state index in [1.54, 1.807) is 0 Å². The second kappa shape index (κ2) is 14.2. The summed E-state index contributed by atoms with van der Waals surface area (Å²) in [5, 5.41) is 49.4. The summed E-state index contributed by atoms with van der Waals surface area (Å²) in [6.07, 6.45) is 2.05. The summed E-state index contributed by atoms with van der Waals surface area (Å²) in [5.74, 6) is 0.0736. The van der Waals surface area contributed by atoms with Gasteiger partial charge in [0, 0.05) is 10.9 Å². The van der Waals surface area contributed by atoms with Crippen LogP contribution in [0.5, 0.6) is 0 Å². The van der Waals surface area contributed by atoms with Crippen molar-refractivity contribution in [3.8, 4) is 0 Å². The Labute approximate surface area is 182 Å². The smallest absolute Gasteiger partial charge is 0.391 e. The van der Waals surface area contributed by atoms with Crippen LogP contribution in [0.25, 0.3) is 0 Å². The molecular weight excluding hydrogens is 436 g/mol. The molecule has 0 aromatic rings. The van der Waals surface area contributed by atoms with Crippen molar-refractivity contribution < 1.29 is 42.7 Å². The van der Waals surface area contributed by atoms with Gasteiger partial charge in [-0.15, -0.1) is 0 Å². The molecule has 1 heterocycles. The van der Waals surface area contributed by atoms with Crippen LogP contribution in [-0.2, 0) is 25.5 Å². The van der Waals surface area contributed by atoms with Crippen molar-refractivity contribution in [2.75, 3.05) is 18.1 Å². The van der Waals surface area contributed by atoms with Crippen LogP contribution >= 0.6 is 0 Å². The van der Waals surface area contributed by atoms with E-state index in [0.29, 0.717) is 6.42 Å². The van der Waals surface area contributed by atoms with Crippen molar-refractivity contribution >= 4 is 21.3 Å². The molecule has 1 rings (SSSR count). The zero-order valence-corrected chi connectivity index (χ0v) is 19.3. The molecule has 30 heavy (non-hydrogen) atoms. The zero-order chi connectivity index (χ0) is 22.7. The topological polar surface area (TPSA) is 165 Å². The zero-order valence-electron chi connectivity index (χ0n) is 17.7. The van der Waals surface area contributed by atoms with Gasteiger partial charge in [0.15, 0.2) is 5.25 Å². The molecule has 11 heteroatoms. The molecule has 0 spiro atoms. The summed E-state index contributed by atoms with van der Waals surface area (Å²) in [6.45, 7) is 1.76. The lowest BCUT2D eigenvalue weighted by Gasteiger charge is -2.26. The third kappa shape index (κ3) is 10.1. The fourth-order valence-corrected chi connectivity index (χ4v) is 7.00. The molecule has 1 unspecified atom stereocenters. The largest absolute Gasteiger partial charge is 0.397 e. The molecular formula is C19H39O9S2+. The van der Waals surface area contributed by atoms with Crippen LogP contribution < -0.4 is 0 Å². The van der Waals surface area contributed by atoms with E-state index in [2.05, 4.69) is 11.1 Å². The molecule has 180 valence electrons. The van der Waals surface area contributed by atoms with E-state index in [4.69, 9.17) is 4.55 Å². The summed E-state index contributed by atoms with van der Waals surface area (Å²) in [7, 11) is -5.70. The first-order valence-electron chi connectivity index (χ1n) is 10.8. The van der Waals surface area contributed by atoms with Gasteiger partial charge in [-0.2, -0.15) is 8.42 Å². The van der Waals surface area contributed by atoms with Crippen LogP contribution in [0.2, 0.25) is 0 Å². The van der Waals surface area contributed by atoms with Crippen molar-refractivity contribution in [3.05, 3.63) is 0 Å². The van der Waals surface area contributed by atoms with Gasteiger partial charge in [0.25, 0.3) is 0 Å². The molecule has 6 N–H and O–H groups in total. The molecule has 0 saturated carbocycles. The predicted octanol–water partition coefficient (Wildman–Crippen LogP) is 0.142. The lowest BCUT2D eigenvalue weighted by atomic mass is 10.0. The number of unbranched alkanes of at least 4 members (excludes halogenated alkanes) is 7. The van der Waals surface area contributed by atoms with Crippen LogP contribution in [0, 0.1) is 0 Å². The Hall–Kier alpha value is 0.0200. The second-order valence-electron chi connectivity index (χ2n) is 8.04. The fraction of sp³-hybridized carbons (Fsp3) is 1.00. The molecule has 0 aromatic heterocycles. The lowest BCUT2D eigenvalue weighted by Crippen LogP contribution is -2.46. The van der Waals surface area contributed by atoms with Crippen molar-refractivity contribution in [1.29, 1.82) is 0 Å². The molecule has 1 aliphatic heterocycles. The Morgan fingerprint density at radius 1 is 1.00 bits per heavy atom. The maximum absolute atomic E-state index is 11.2. The number of aliphatic hydroxyl groups is 5. The van der Waals surface area contributed by atoms with Crippen molar-refractivity contribution in [1.82, 2.24) is 0 Å². The predicted molar refractivity (Wildman–Crippen MR) is 116 cm³/mol. The van der Waals surface area contributed by atoms with E-state index in [1.165, 1.54) is 19.3 Å². The summed E-state index contributed by atoms with van der Waals surface area (Å²) in [4.78, 5) is 0. The first-order valence-corrected chi connectivity index (χ1v) is 13.7. The van der Waals surface area contributed by atoms with Crippen LogP contribution in [0.1, 0.15) is 64.7 Å². The number of hydrogen-bond donors (Lipinski definition) is 6. The highest BCUT2D eigenvalue weighted by atomic mass is 32.3. The SMILES string of the molecule is CCCCCCCCCC[C@@H](O)[C@H](OS(=O)(=O)O)[C@H](O)C[S+]1C[C@@H](O)[C@H](O)[C@H]1CO. The minimum Gasteiger partial charge on any atom is -0.391 e. The van der Waals surface area contributed by atoms with Crippen LogP contribution in [0.3, 0.4) is 0 Å². The molecule has 1 saturated heterocycles. The maximum Gasteiger partial charge on any atom is 0.397 e. The summed E-state index contributed by atoms with van der Waals surface area (Å²) in [5.41, 5.74) is 0. The summed E-state index contributed by atoms with van der Waals surface area (Å²) >= 11 is 0. The van der Waals surface area contributed by atoms with Gasteiger partial charge in [0.1, 0.15) is 35.9 Å². The Bertz CT molecular complexity index is 560. The first kappa shape index (κ1) is 28.1. The van der Waals surface area contributed by atoms with E-state index in [9.17, 15) is 34.0 Å². The molecule has 9 nitrogen and oxygen atoms in total. The van der Waals surface area contributed by atoms with Crippen LogP contribution in [-0.4, -0.2) is 92.4 Å². The lowest BCUT2D eigenvalue weighted by molar-refractivity contribution is -0.0402.